The van der Waals surface area contributed by atoms with E-state index in [0.29, 0.717) is 30.1 Å². The van der Waals surface area contributed by atoms with Crippen molar-refractivity contribution in [1.29, 1.82) is 0 Å². The number of aromatic amines is 2. The Bertz CT molecular complexity index is 1280. The Morgan fingerprint density at radius 1 is 1.06 bits per heavy atom. The largest absolute Gasteiger partial charge is 0.335 e. The van der Waals surface area contributed by atoms with E-state index in [9.17, 15) is 14.4 Å². The number of aromatic nitrogens is 3. The fourth-order valence-corrected chi connectivity index (χ4v) is 5.01. The molecule has 9 nitrogen and oxygen atoms in total. The molecule has 2 saturated heterocycles. The Hall–Kier alpha value is -3.30. The molecule has 0 radical (unpaired) electrons. The summed E-state index contributed by atoms with van der Waals surface area (Å²) in [5.41, 5.74) is 1.23. The number of carbonyl (C=O) groups is 1. The number of piperazine rings is 1. The molecule has 5 rings (SSSR count). The average molecular weight is 449 g/mol. The first-order valence-corrected chi connectivity index (χ1v) is 11.4. The summed E-state index contributed by atoms with van der Waals surface area (Å²) in [4.78, 5) is 52.6. The number of benzene rings is 1. The molecule has 2 N–H and O–H groups in total. The molecule has 33 heavy (non-hydrogen) atoms. The number of aryl methyl sites for hydroxylation is 1. The maximum Gasteiger partial charge on any atom is 0.327 e. The third-order valence-corrected chi connectivity index (χ3v) is 6.74. The average Bonchev–Trinajstić information content (AvgIpc) is 3.27. The topological polar surface area (TPSA) is 105 Å². The zero-order valence-corrected chi connectivity index (χ0v) is 18.7. The van der Waals surface area contributed by atoms with Crippen LogP contribution in [0, 0.1) is 6.92 Å². The second-order valence-corrected chi connectivity index (χ2v) is 8.95. The summed E-state index contributed by atoms with van der Waals surface area (Å²) in [6.07, 6.45) is 1.15. The monoisotopic (exact) mass is 448 g/mol. The van der Waals surface area contributed by atoms with Gasteiger partial charge < -0.3 is 4.90 Å². The van der Waals surface area contributed by atoms with Crippen molar-refractivity contribution in [1.82, 2.24) is 29.7 Å². The molecule has 172 valence electrons. The van der Waals surface area contributed by atoms with E-state index in [1.807, 2.05) is 11.0 Å². The zero-order valence-electron chi connectivity index (χ0n) is 18.7. The lowest BCUT2D eigenvalue weighted by atomic mass is 10.1. The van der Waals surface area contributed by atoms with Crippen molar-refractivity contribution in [3.8, 4) is 0 Å². The second kappa shape index (κ2) is 8.92. The predicted octanol–water partition coefficient (Wildman–Crippen LogP) is 0.952. The van der Waals surface area contributed by atoms with E-state index in [1.54, 1.807) is 13.0 Å². The summed E-state index contributed by atoms with van der Waals surface area (Å²) in [5, 5.41) is 0.303. The molecule has 1 aromatic carbocycles. The lowest BCUT2D eigenvalue weighted by molar-refractivity contribution is 0.0568. The molecule has 0 aliphatic carbocycles. The molecule has 3 aromatic rings. The summed E-state index contributed by atoms with van der Waals surface area (Å²) in [5.74, 6) is -0.169. The van der Waals surface area contributed by atoms with Crippen molar-refractivity contribution >= 4 is 16.9 Å². The minimum Gasteiger partial charge on any atom is -0.335 e. The summed E-state index contributed by atoms with van der Waals surface area (Å²) in [6.45, 7) is 7.81. The van der Waals surface area contributed by atoms with Gasteiger partial charge in [-0.05, 0) is 30.5 Å². The Balaban J connectivity index is 1.21. The molecule has 2 aromatic heterocycles. The number of hydrogen-bond acceptors (Lipinski definition) is 6. The molecule has 2 aliphatic heterocycles. The molecule has 9 heteroatoms. The first-order valence-electron chi connectivity index (χ1n) is 11.4. The normalized spacial score (nSPS) is 19.9. The van der Waals surface area contributed by atoms with Crippen LogP contribution in [-0.2, 0) is 6.54 Å². The molecule has 0 saturated carbocycles. The van der Waals surface area contributed by atoms with Gasteiger partial charge >= 0.3 is 5.69 Å². The number of fused-ring (bicyclic) bond motifs is 1. The highest BCUT2D eigenvalue weighted by molar-refractivity contribution is 5.95. The van der Waals surface area contributed by atoms with E-state index in [-0.39, 0.29) is 17.2 Å². The molecule has 0 bridgehead atoms. The third kappa shape index (κ3) is 4.46. The van der Waals surface area contributed by atoms with Gasteiger partial charge in [-0.15, -0.1) is 0 Å². The van der Waals surface area contributed by atoms with Crippen molar-refractivity contribution in [2.45, 2.75) is 25.9 Å². The van der Waals surface area contributed by atoms with Crippen molar-refractivity contribution in [2.75, 3.05) is 39.3 Å². The van der Waals surface area contributed by atoms with Crippen molar-refractivity contribution in [3.05, 3.63) is 74.1 Å². The quantitative estimate of drug-likeness (QED) is 0.616. The molecule has 1 atom stereocenters. The van der Waals surface area contributed by atoms with Crippen molar-refractivity contribution in [2.24, 2.45) is 0 Å². The third-order valence-electron chi connectivity index (χ3n) is 6.74. The molecule has 4 heterocycles. The van der Waals surface area contributed by atoms with Crippen LogP contribution in [0.3, 0.4) is 0 Å². The van der Waals surface area contributed by atoms with Crippen LogP contribution in [-0.4, -0.2) is 80.9 Å². The Morgan fingerprint density at radius 3 is 2.58 bits per heavy atom. The fraction of sp³-hybridized carbons (Fsp3) is 0.417. The molecule has 2 fully saturated rings. The highest BCUT2D eigenvalue weighted by atomic mass is 16.2. The minimum atomic E-state index is -0.629. The lowest BCUT2D eigenvalue weighted by Crippen LogP contribution is -2.52. The Labute approximate surface area is 191 Å². The van der Waals surface area contributed by atoms with Crippen LogP contribution in [0.2, 0.25) is 0 Å². The highest BCUT2D eigenvalue weighted by Gasteiger charge is 2.31. The van der Waals surface area contributed by atoms with Gasteiger partial charge in [0, 0.05) is 51.9 Å². The predicted molar refractivity (Wildman–Crippen MR) is 125 cm³/mol. The lowest BCUT2D eigenvalue weighted by Gasteiger charge is -2.38. The van der Waals surface area contributed by atoms with E-state index in [1.165, 1.54) is 5.56 Å². The number of amides is 1. The van der Waals surface area contributed by atoms with Gasteiger partial charge in [-0.2, -0.15) is 0 Å². The van der Waals surface area contributed by atoms with Crippen LogP contribution in [0.4, 0.5) is 0 Å². The zero-order chi connectivity index (χ0) is 22.9. The SMILES string of the molecule is Cc1cc(C(=O)N2CCN(C3CCN(Cc4ccccc4)C3)CC2)nc2[nH]c(=O)[nH]c(=O)c12. The van der Waals surface area contributed by atoms with Crippen LogP contribution in [0.5, 0.6) is 0 Å². The minimum absolute atomic E-state index is 0.148. The van der Waals surface area contributed by atoms with Gasteiger partial charge in [0.05, 0.1) is 5.39 Å². The first kappa shape index (κ1) is 21.5. The molecule has 1 unspecified atom stereocenters. The van der Waals surface area contributed by atoms with Gasteiger partial charge in [0.25, 0.3) is 11.5 Å². The number of nitrogens with one attached hydrogen (secondary N) is 2. The maximum absolute atomic E-state index is 13.1. The molecule has 0 spiro atoms. The number of rotatable bonds is 4. The van der Waals surface area contributed by atoms with Crippen LogP contribution in [0.15, 0.2) is 46.0 Å². The number of hydrogen-bond donors (Lipinski definition) is 2. The first-order chi connectivity index (χ1) is 16.0. The van der Waals surface area contributed by atoms with E-state index in [0.717, 1.165) is 39.1 Å². The van der Waals surface area contributed by atoms with Gasteiger partial charge in [0.1, 0.15) is 11.3 Å². The number of H-pyrrole nitrogens is 2. The van der Waals surface area contributed by atoms with Crippen molar-refractivity contribution in [3.63, 3.8) is 0 Å². The van der Waals surface area contributed by atoms with E-state index in [4.69, 9.17) is 0 Å². The summed E-state index contributed by atoms with van der Waals surface area (Å²) in [6, 6.07) is 12.7. The number of carbonyl (C=O) groups excluding carboxylic acids is 1. The van der Waals surface area contributed by atoms with Gasteiger partial charge in [0.15, 0.2) is 0 Å². The molecular weight excluding hydrogens is 420 g/mol. The second-order valence-electron chi connectivity index (χ2n) is 8.95. The van der Waals surface area contributed by atoms with Crippen molar-refractivity contribution < 1.29 is 4.79 Å². The smallest absolute Gasteiger partial charge is 0.327 e. The van der Waals surface area contributed by atoms with Gasteiger partial charge in [-0.3, -0.25) is 29.4 Å². The van der Waals surface area contributed by atoms with E-state index >= 15 is 0 Å². The van der Waals surface area contributed by atoms with Crippen LogP contribution >= 0.6 is 0 Å². The van der Waals surface area contributed by atoms with Gasteiger partial charge in [-0.25, -0.2) is 9.78 Å². The molecule has 2 aliphatic rings. The summed E-state index contributed by atoms with van der Waals surface area (Å²) >= 11 is 0. The Morgan fingerprint density at radius 2 is 1.82 bits per heavy atom. The number of pyridine rings is 1. The van der Waals surface area contributed by atoms with Crippen LogP contribution in [0.25, 0.3) is 11.0 Å². The Kier molecular flexibility index (Phi) is 5.82. The van der Waals surface area contributed by atoms with Gasteiger partial charge in [0.2, 0.25) is 0 Å². The van der Waals surface area contributed by atoms with E-state index in [2.05, 4.69) is 49.0 Å². The van der Waals surface area contributed by atoms with Crippen LogP contribution in [0.1, 0.15) is 28.0 Å². The number of likely N-dealkylation sites (tertiary alicyclic amines) is 1. The summed E-state index contributed by atoms with van der Waals surface area (Å²) < 4.78 is 0. The molecular formula is C24H28N6O3. The number of nitrogens with zero attached hydrogens (tertiary/aromatic N) is 4. The molecule has 1 amide bonds. The fourth-order valence-electron chi connectivity index (χ4n) is 5.01. The summed E-state index contributed by atoms with van der Waals surface area (Å²) in [7, 11) is 0. The maximum atomic E-state index is 13.1. The standard InChI is InChI=1S/C24H28N6O3/c1-16-13-19(25-21-20(16)22(31)27-24(33)26-21)23(32)30-11-9-29(10-12-30)18-7-8-28(15-18)14-17-5-3-2-4-6-17/h2-6,13,18H,7-12,14-15H2,1H3,(H2,25,26,27,31,33). The highest BCUT2D eigenvalue weighted by Crippen LogP contribution is 2.20. The van der Waals surface area contributed by atoms with E-state index < -0.39 is 11.2 Å². The van der Waals surface area contributed by atoms with Gasteiger partial charge in [-0.1, -0.05) is 30.3 Å². The van der Waals surface area contributed by atoms with Crippen LogP contribution < -0.4 is 11.2 Å².